The van der Waals surface area contributed by atoms with E-state index in [1.54, 1.807) is 12.4 Å². The van der Waals surface area contributed by atoms with Gasteiger partial charge in [-0.1, -0.05) is 18.2 Å². The van der Waals surface area contributed by atoms with Crippen LogP contribution in [0.3, 0.4) is 0 Å². The molecule has 0 fully saturated rings. The van der Waals surface area contributed by atoms with Gasteiger partial charge in [-0.2, -0.15) is 0 Å². The summed E-state index contributed by atoms with van der Waals surface area (Å²) in [6.07, 6.45) is 3.05. The lowest BCUT2D eigenvalue weighted by molar-refractivity contribution is -0.183. The Morgan fingerprint density at radius 3 is 2.77 bits per heavy atom. The topological polar surface area (TPSA) is 90.5 Å². The Bertz CT molecular complexity index is 1030. The van der Waals surface area contributed by atoms with Crippen molar-refractivity contribution in [3.8, 4) is 0 Å². The Kier molecular flexibility index (Phi) is 5.60. The van der Waals surface area contributed by atoms with Crippen LogP contribution in [0.25, 0.3) is 10.9 Å². The van der Waals surface area contributed by atoms with E-state index in [1.165, 1.54) is 10.9 Å². The minimum atomic E-state index is -1.21. The number of rotatable bonds is 5. The molecule has 0 bridgehead atoms. The van der Waals surface area contributed by atoms with E-state index in [0.29, 0.717) is 6.54 Å². The number of aliphatic hydroxyl groups is 1. The van der Waals surface area contributed by atoms with Gasteiger partial charge in [0.2, 0.25) is 12.3 Å². The van der Waals surface area contributed by atoms with Crippen LogP contribution in [0.4, 0.5) is 0 Å². The van der Waals surface area contributed by atoms with Crippen LogP contribution < -0.4 is 5.32 Å². The van der Waals surface area contributed by atoms with Crippen LogP contribution in [0.5, 0.6) is 0 Å². The Morgan fingerprint density at radius 1 is 1.30 bits per heavy atom. The van der Waals surface area contributed by atoms with E-state index in [0.717, 1.165) is 23.2 Å². The molecule has 2 atom stereocenters. The third kappa shape index (κ3) is 4.23. The normalized spacial score (nSPS) is 17.7. The molecule has 4 rings (SSSR count). The lowest BCUT2D eigenvalue weighted by atomic mass is 9.93. The number of aromatic amines is 1. The highest BCUT2D eigenvalue weighted by Crippen LogP contribution is 2.38. The number of carbonyl (C=O) groups excluding carboxylic acids is 1. The summed E-state index contributed by atoms with van der Waals surface area (Å²) < 4.78 is 5.44. The zero-order chi connectivity index (χ0) is 21.3. The minimum Gasteiger partial charge on any atom is -0.356 e. The number of ether oxygens (including phenoxy) is 1. The zero-order valence-corrected chi connectivity index (χ0v) is 17.6. The molecule has 0 spiro atoms. The summed E-state index contributed by atoms with van der Waals surface area (Å²) in [7, 11) is 0. The lowest BCUT2D eigenvalue weighted by Crippen LogP contribution is -2.47. The monoisotopic (exact) mass is 408 g/mol. The number of amides is 1. The van der Waals surface area contributed by atoms with Crippen LogP contribution in [0, 0.1) is 0 Å². The number of fused-ring (bicyclic) bond motifs is 3. The van der Waals surface area contributed by atoms with Gasteiger partial charge in [0.15, 0.2) is 0 Å². The smallest absolute Gasteiger partial charge is 0.237 e. The fourth-order valence-electron chi connectivity index (χ4n) is 4.05. The van der Waals surface area contributed by atoms with Crippen molar-refractivity contribution in [2.75, 3.05) is 13.1 Å². The van der Waals surface area contributed by atoms with Gasteiger partial charge < -0.3 is 19.7 Å². The summed E-state index contributed by atoms with van der Waals surface area (Å²) in [6, 6.07) is 11.9. The Hall–Kier alpha value is -2.74. The van der Waals surface area contributed by atoms with Gasteiger partial charge in [-0.3, -0.25) is 15.1 Å². The average Bonchev–Trinajstić information content (AvgIpc) is 3.09. The first-order valence-electron chi connectivity index (χ1n) is 10.2. The Balaban J connectivity index is 1.62. The number of aliphatic hydroxyl groups excluding tert-OH is 1. The van der Waals surface area contributed by atoms with Crippen molar-refractivity contribution in [3.63, 3.8) is 0 Å². The molecule has 3 N–H and O–H groups in total. The molecule has 0 saturated carbocycles. The average molecular weight is 409 g/mol. The quantitative estimate of drug-likeness (QED) is 0.565. The minimum absolute atomic E-state index is 0.0195. The highest BCUT2D eigenvalue weighted by atomic mass is 16.6. The summed E-state index contributed by atoms with van der Waals surface area (Å²) in [5, 5.41) is 14.0. The van der Waals surface area contributed by atoms with Crippen LogP contribution in [0.2, 0.25) is 0 Å². The molecule has 3 aromatic rings. The van der Waals surface area contributed by atoms with E-state index in [2.05, 4.69) is 27.4 Å². The molecule has 7 heteroatoms. The van der Waals surface area contributed by atoms with Gasteiger partial charge in [0, 0.05) is 35.5 Å². The van der Waals surface area contributed by atoms with Crippen molar-refractivity contribution in [1.82, 2.24) is 20.2 Å². The molecular weight excluding hydrogens is 380 g/mol. The second kappa shape index (κ2) is 8.18. The molecule has 0 radical (unpaired) electrons. The van der Waals surface area contributed by atoms with Crippen molar-refractivity contribution in [2.45, 2.75) is 45.2 Å². The molecule has 30 heavy (non-hydrogen) atoms. The maximum Gasteiger partial charge on any atom is 0.237 e. The van der Waals surface area contributed by atoms with Crippen molar-refractivity contribution in [2.24, 2.45) is 0 Å². The molecule has 1 amide bonds. The van der Waals surface area contributed by atoms with Gasteiger partial charge in [-0.15, -0.1) is 0 Å². The maximum absolute atomic E-state index is 13.1. The van der Waals surface area contributed by atoms with E-state index in [1.807, 2.05) is 49.9 Å². The third-order valence-corrected chi connectivity index (χ3v) is 5.27. The number of nitrogens with one attached hydrogen (secondary N) is 2. The number of nitrogens with zero attached hydrogens (tertiary/aromatic N) is 2. The number of pyridine rings is 1. The number of para-hydroxylation sites is 1. The fraction of sp³-hybridized carbons (Fsp3) is 0.391. The molecule has 158 valence electrons. The first-order valence-corrected chi connectivity index (χ1v) is 10.2. The molecular formula is C23H28N4O3. The summed E-state index contributed by atoms with van der Waals surface area (Å²) in [5.74, 6) is -0.0994. The molecule has 2 aromatic heterocycles. The summed E-state index contributed by atoms with van der Waals surface area (Å²) in [6.45, 7) is 6.12. The number of benzene rings is 1. The highest BCUT2D eigenvalue weighted by Gasteiger charge is 2.34. The van der Waals surface area contributed by atoms with Gasteiger partial charge in [0.05, 0.1) is 18.2 Å². The van der Waals surface area contributed by atoms with Crippen LogP contribution in [0.15, 0.2) is 48.8 Å². The number of hydrogen-bond donors (Lipinski definition) is 3. The van der Waals surface area contributed by atoms with Crippen molar-refractivity contribution in [1.29, 1.82) is 0 Å². The maximum atomic E-state index is 13.1. The van der Waals surface area contributed by atoms with Crippen LogP contribution >= 0.6 is 0 Å². The molecule has 3 heterocycles. The van der Waals surface area contributed by atoms with E-state index in [9.17, 15) is 9.90 Å². The van der Waals surface area contributed by atoms with E-state index in [-0.39, 0.29) is 18.5 Å². The summed E-state index contributed by atoms with van der Waals surface area (Å²) >= 11 is 0. The fourth-order valence-corrected chi connectivity index (χ4v) is 4.05. The molecule has 0 saturated heterocycles. The number of H-pyrrole nitrogens is 1. The standard InChI is InChI=1S/C23H28N4O3/c1-23(2,3)30-22(29)25-14-19(28)27-13-10-17-16-6-4-5-7-18(16)26-20(17)21(27)15-8-11-24-12-9-15/h4-9,11-12,21-22,25-26,29H,10,13-14H2,1-3H3. The lowest BCUT2D eigenvalue weighted by Gasteiger charge is -2.36. The van der Waals surface area contributed by atoms with Gasteiger partial charge in [-0.05, 0) is 56.5 Å². The molecule has 1 aliphatic rings. The first-order chi connectivity index (χ1) is 14.3. The third-order valence-electron chi connectivity index (χ3n) is 5.27. The highest BCUT2D eigenvalue weighted by molar-refractivity contribution is 5.87. The van der Waals surface area contributed by atoms with Crippen molar-refractivity contribution in [3.05, 3.63) is 65.6 Å². The van der Waals surface area contributed by atoms with Crippen molar-refractivity contribution >= 4 is 16.8 Å². The second-order valence-corrected chi connectivity index (χ2v) is 8.55. The molecule has 1 aliphatic heterocycles. The Morgan fingerprint density at radius 2 is 2.03 bits per heavy atom. The summed E-state index contributed by atoms with van der Waals surface area (Å²) in [5.41, 5.74) is 3.84. The predicted molar refractivity (Wildman–Crippen MR) is 115 cm³/mol. The molecule has 1 aromatic carbocycles. The second-order valence-electron chi connectivity index (χ2n) is 8.55. The van der Waals surface area contributed by atoms with Crippen LogP contribution in [-0.2, 0) is 16.0 Å². The zero-order valence-electron chi connectivity index (χ0n) is 17.6. The number of aromatic nitrogens is 2. The van der Waals surface area contributed by atoms with Gasteiger partial charge in [0.1, 0.15) is 0 Å². The Labute approximate surface area is 176 Å². The van der Waals surface area contributed by atoms with E-state index in [4.69, 9.17) is 4.74 Å². The SMILES string of the molecule is CC(C)(C)OC(O)NCC(=O)N1CCc2c([nH]c3ccccc23)C1c1ccncc1. The van der Waals surface area contributed by atoms with E-state index >= 15 is 0 Å². The first kappa shape index (κ1) is 20.5. The van der Waals surface area contributed by atoms with E-state index < -0.39 is 12.0 Å². The number of carbonyl (C=O) groups is 1. The van der Waals surface area contributed by atoms with Gasteiger partial charge in [-0.25, -0.2) is 0 Å². The predicted octanol–water partition coefficient (Wildman–Crippen LogP) is 2.72. The molecule has 2 unspecified atom stereocenters. The summed E-state index contributed by atoms with van der Waals surface area (Å²) in [4.78, 5) is 22.7. The van der Waals surface area contributed by atoms with Crippen molar-refractivity contribution < 1.29 is 14.6 Å². The van der Waals surface area contributed by atoms with Crippen LogP contribution in [-0.4, -0.2) is 51.0 Å². The molecule has 0 aliphatic carbocycles. The van der Waals surface area contributed by atoms with Crippen LogP contribution in [0.1, 0.15) is 43.6 Å². The van der Waals surface area contributed by atoms with Gasteiger partial charge >= 0.3 is 0 Å². The van der Waals surface area contributed by atoms with Gasteiger partial charge in [0.25, 0.3) is 0 Å². The number of hydrogen-bond acceptors (Lipinski definition) is 5. The molecule has 7 nitrogen and oxygen atoms in total. The largest absolute Gasteiger partial charge is 0.356 e.